The molecule has 0 spiro atoms. The van der Waals surface area contributed by atoms with Crippen molar-refractivity contribution in [2.45, 2.75) is 37.5 Å². The first-order valence-corrected chi connectivity index (χ1v) is 11.8. The van der Waals surface area contributed by atoms with E-state index in [0.29, 0.717) is 25.2 Å². The third kappa shape index (κ3) is 5.04. The van der Waals surface area contributed by atoms with Crippen molar-refractivity contribution in [3.63, 3.8) is 0 Å². The molecule has 1 aromatic heterocycles. The summed E-state index contributed by atoms with van der Waals surface area (Å²) in [5.41, 5.74) is 1.38. The molecule has 2 unspecified atom stereocenters. The lowest BCUT2D eigenvalue weighted by molar-refractivity contribution is -0.0440. The maximum atomic E-state index is 13.0. The van der Waals surface area contributed by atoms with Crippen molar-refractivity contribution in [2.75, 3.05) is 18.4 Å². The Bertz CT molecular complexity index is 1170. The van der Waals surface area contributed by atoms with Crippen molar-refractivity contribution in [3.8, 4) is 0 Å². The number of ether oxygens (including phenoxy) is 1. The van der Waals surface area contributed by atoms with Crippen LogP contribution in [0, 0.1) is 0 Å². The van der Waals surface area contributed by atoms with Gasteiger partial charge in [-0.3, -0.25) is 10.1 Å². The Labute approximate surface area is 187 Å². The smallest absolute Gasteiger partial charge is 0.258 e. The molecule has 2 aromatic carbocycles. The Morgan fingerprint density at radius 2 is 1.72 bits per heavy atom. The van der Waals surface area contributed by atoms with Gasteiger partial charge in [-0.15, -0.1) is 5.10 Å². The van der Waals surface area contributed by atoms with Gasteiger partial charge < -0.3 is 4.74 Å². The molecule has 9 nitrogen and oxygen atoms in total. The summed E-state index contributed by atoms with van der Waals surface area (Å²) in [6.45, 7) is 4.83. The number of amides is 1. The Balaban J connectivity index is 1.41. The number of carbonyl (C=O) groups is 1. The van der Waals surface area contributed by atoms with Crippen molar-refractivity contribution in [3.05, 3.63) is 72.1 Å². The minimum Gasteiger partial charge on any atom is -0.373 e. The highest BCUT2D eigenvalue weighted by Gasteiger charge is 2.32. The monoisotopic (exact) mass is 455 g/mol. The summed E-state index contributed by atoms with van der Waals surface area (Å²) in [6.07, 6.45) is 1.20. The van der Waals surface area contributed by atoms with E-state index in [-0.39, 0.29) is 23.1 Å². The minimum atomic E-state index is -3.66. The van der Waals surface area contributed by atoms with E-state index in [1.165, 1.54) is 28.6 Å². The Hall–Kier alpha value is -3.08. The van der Waals surface area contributed by atoms with E-state index in [0.717, 1.165) is 5.56 Å². The summed E-state index contributed by atoms with van der Waals surface area (Å²) >= 11 is 0. The summed E-state index contributed by atoms with van der Waals surface area (Å²) in [6, 6.07) is 15.6. The Morgan fingerprint density at radius 3 is 2.38 bits per heavy atom. The number of morpholine rings is 1. The van der Waals surface area contributed by atoms with Crippen LogP contribution in [0.2, 0.25) is 0 Å². The Kier molecular flexibility index (Phi) is 6.35. The van der Waals surface area contributed by atoms with Crippen LogP contribution in [0.3, 0.4) is 0 Å². The number of hydrogen-bond donors (Lipinski definition) is 1. The molecule has 1 aliphatic heterocycles. The topological polar surface area (TPSA) is 106 Å². The number of carbonyl (C=O) groups excluding carboxylic acids is 1. The van der Waals surface area contributed by atoms with Crippen LogP contribution in [0.15, 0.2) is 65.8 Å². The van der Waals surface area contributed by atoms with Crippen molar-refractivity contribution in [1.29, 1.82) is 0 Å². The fraction of sp³-hybridized carbons (Fsp3) is 0.318. The third-order valence-corrected chi connectivity index (χ3v) is 6.94. The molecule has 1 N–H and O–H groups in total. The molecule has 2 atom stereocenters. The average Bonchev–Trinajstić information content (AvgIpc) is 3.20. The van der Waals surface area contributed by atoms with Gasteiger partial charge in [0, 0.05) is 18.7 Å². The fourth-order valence-corrected chi connectivity index (χ4v) is 5.22. The maximum Gasteiger partial charge on any atom is 0.258 e. The molecule has 0 aliphatic carbocycles. The molecule has 168 valence electrons. The van der Waals surface area contributed by atoms with Gasteiger partial charge in [0.15, 0.2) is 0 Å². The van der Waals surface area contributed by atoms with Crippen molar-refractivity contribution in [1.82, 2.24) is 19.1 Å². The second-order valence-corrected chi connectivity index (χ2v) is 9.75. The number of aromatic nitrogens is 3. The van der Waals surface area contributed by atoms with E-state index in [1.807, 2.05) is 44.2 Å². The highest BCUT2D eigenvalue weighted by atomic mass is 32.2. The number of benzene rings is 2. The van der Waals surface area contributed by atoms with Crippen LogP contribution in [0.4, 0.5) is 5.95 Å². The van der Waals surface area contributed by atoms with Gasteiger partial charge in [-0.05, 0) is 43.7 Å². The van der Waals surface area contributed by atoms with Gasteiger partial charge in [0.05, 0.1) is 23.6 Å². The number of rotatable bonds is 6. The van der Waals surface area contributed by atoms with Crippen LogP contribution in [-0.2, 0) is 21.3 Å². The van der Waals surface area contributed by atoms with Crippen LogP contribution in [0.1, 0.15) is 29.8 Å². The number of sulfonamides is 1. The zero-order chi connectivity index (χ0) is 22.7. The molecule has 10 heteroatoms. The highest BCUT2D eigenvalue weighted by molar-refractivity contribution is 7.89. The van der Waals surface area contributed by atoms with Gasteiger partial charge in [0.25, 0.3) is 5.91 Å². The lowest BCUT2D eigenvalue weighted by Crippen LogP contribution is -2.48. The van der Waals surface area contributed by atoms with E-state index in [4.69, 9.17) is 4.74 Å². The number of anilines is 1. The average molecular weight is 456 g/mol. The highest BCUT2D eigenvalue weighted by Crippen LogP contribution is 2.21. The quantitative estimate of drug-likeness (QED) is 0.612. The molecular formula is C22H25N5O4S. The van der Waals surface area contributed by atoms with Crippen LogP contribution >= 0.6 is 0 Å². The van der Waals surface area contributed by atoms with Gasteiger partial charge in [-0.2, -0.15) is 4.31 Å². The van der Waals surface area contributed by atoms with Crippen molar-refractivity contribution >= 4 is 21.9 Å². The van der Waals surface area contributed by atoms with Gasteiger partial charge in [-0.1, -0.05) is 30.3 Å². The first-order chi connectivity index (χ1) is 15.3. The second kappa shape index (κ2) is 9.19. The summed E-state index contributed by atoms with van der Waals surface area (Å²) in [5, 5.41) is 6.90. The lowest BCUT2D eigenvalue weighted by Gasteiger charge is -2.34. The summed E-state index contributed by atoms with van der Waals surface area (Å²) in [5.74, 6) is -0.237. The van der Waals surface area contributed by atoms with Crippen molar-refractivity contribution in [2.24, 2.45) is 0 Å². The van der Waals surface area contributed by atoms with E-state index >= 15 is 0 Å². The zero-order valence-electron chi connectivity index (χ0n) is 17.9. The van der Waals surface area contributed by atoms with E-state index < -0.39 is 15.9 Å². The van der Waals surface area contributed by atoms with Gasteiger partial charge in [-0.25, -0.2) is 18.1 Å². The van der Waals surface area contributed by atoms with Crippen molar-refractivity contribution < 1.29 is 17.9 Å². The molecule has 1 aliphatic rings. The molecule has 0 radical (unpaired) electrons. The molecule has 1 amide bonds. The lowest BCUT2D eigenvalue weighted by atomic mass is 10.2. The molecule has 2 heterocycles. The van der Waals surface area contributed by atoms with Crippen LogP contribution in [0.25, 0.3) is 0 Å². The van der Waals surface area contributed by atoms with Crippen LogP contribution in [0.5, 0.6) is 0 Å². The van der Waals surface area contributed by atoms with Gasteiger partial charge in [0.2, 0.25) is 16.0 Å². The van der Waals surface area contributed by atoms with Gasteiger partial charge >= 0.3 is 0 Å². The molecule has 3 aromatic rings. The SMILES string of the molecule is CC1CN(S(=O)(=O)c2ccc(C(=O)Nc3ncn(Cc4ccccc4)n3)cc2)CC(C)O1. The molecule has 0 bridgehead atoms. The summed E-state index contributed by atoms with van der Waals surface area (Å²) in [4.78, 5) is 16.8. The third-order valence-electron chi connectivity index (χ3n) is 5.09. The zero-order valence-corrected chi connectivity index (χ0v) is 18.7. The maximum absolute atomic E-state index is 13.0. The molecule has 32 heavy (non-hydrogen) atoms. The first kappa shape index (κ1) is 22.1. The molecule has 4 rings (SSSR count). The summed E-state index contributed by atoms with van der Waals surface area (Å²) < 4.78 is 34.6. The normalized spacial score (nSPS) is 19.6. The first-order valence-electron chi connectivity index (χ1n) is 10.3. The fourth-order valence-electron chi connectivity index (χ4n) is 3.63. The largest absolute Gasteiger partial charge is 0.373 e. The Morgan fingerprint density at radius 1 is 1.06 bits per heavy atom. The summed E-state index contributed by atoms with van der Waals surface area (Å²) in [7, 11) is -3.66. The van der Waals surface area contributed by atoms with E-state index in [9.17, 15) is 13.2 Å². The van der Waals surface area contributed by atoms with E-state index in [1.54, 1.807) is 11.0 Å². The standard InChI is InChI=1S/C22H25N5O4S/c1-16-12-27(13-17(2)31-16)32(29,30)20-10-8-19(9-11-20)21(28)24-22-23-15-26(25-22)14-18-6-4-3-5-7-18/h3-11,15-17H,12-14H2,1-2H3,(H,24,25,28). The number of nitrogens with zero attached hydrogens (tertiary/aromatic N) is 4. The predicted molar refractivity (Wildman–Crippen MR) is 119 cm³/mol. The predicted octanol–water partition coefficient (Wildman–Crippen LogP) is 2.38. The number of nitrogens with one attached hydrogen (secondary N) is 1. The molecule has 1 fully saturated rings. The molecular weight excluding hydrogens is 430 g/mol. The van der Waals surface area contributed by atoms with E-state index in [2.05, 4.69) is 15.4 Å². The molecule has 0 saturated carbocycles. The van der Waals surface area contributed by atoms with Gasteiger partial charge in [0.1, 0.15) is 6.33 Å². The minimum absolute atomic E-state index is 0.139. The molecule has 1 saturated heterocycles. The number of hydrogen-bond acceptors (Lipinski definition) is 6. The van der Waals surface area contributed by atoms with Crippen LogP contribution in [-0.4, -0.2) is 58.7 Å². The second-order valence-electron chi connectivity index (χ2n) is 7.81. The van der Waals surface area contributed by atoms with Crippen LogP contribution < -0.4 is 5.32 Å².